The molecule has 1 aliphatic rings. The summed E-state index contributed by atoms with van der Waals surface area (Å²) >= 11 is 1.37. The van der Waals surface area contributed by atoms with Crippen molar-refractivity contribution in [3.8, 4) is 17.2 Å². The number of Topliss-reactive ketones (excluding diaryl/α,β-unsaturated/α-hetero) is 1. The molecule has 8 heteroatoms. The number of fused-ring (bicyclic) bond motifs is 2. The maximum atomic E-state index is 12.6. The minimum Gasteiger partial charge on any atom is -0.454 e. The zero-order valence-electron chi connectivity index (χ0n) is 14.6. The number of carbonyl (C=O) groups excluding carboxylic acids is 1. The average molecular weight is 390 g/mol. The zero-order chi connectivity index (χ0) is 18.9. The van der Waals surface area contributed by atoms with Crippen LogP contribution in [-0.2, 0) is 0 Å². The van der Waals surface area contributed by atoms with Gasteiger partial charge in [0.25, 0.3) is 0 Å². The maximum Gasteiger partial charge on any atom is 0.231 e. The van der Waals surface area contributed by atoms with Gasteiger partial charge in [0.15, 0.2) is 22.9 Å². The van der Waals surface area contributed by atoms with Crippen molar-refractivity contribution in [2.24, 2.45) is 0 Å². The molecule has 0 saturated heterocycles. The van der Waals surface area contributed by atoms with Gasteiger partial charge in [-0.2, -0.15) is 5.10 Å². The number of aromatic nitrogens is 4. The van der Waals surface area contributed by atoms with Crippen LogP contribution in [0.15, 0.2) is 66.1 Å². The Morgan fingerprint density at radius 2 is 1.93 bits per heavy atom. The molecule has 0 radical (unpaired) electrons. The second-order valence-corrected chi connectivity index (χ2v) is 7.05. The first-order valence-corrected chi connectivity index (χ1v) is 9.58. The third-order valence-corrected chi connectivity index (χ3v) is 5.37. The van der Waals surface area contributed by atoms with E-state index in [1.165, 1.54) is 18.1 Å². The van der Waals surface area contributed by atoms with Crippen molar-refractivity contribution in [1.29, 1.82) is 0 Å². The molecule has 0 N–H and O–H groups in total. The van der Waals surface area contributed by atoms with Crippen LogP contribution in [0.4, 0.5) is 0 Å². The highest BCUT2D eigenvalue weighted by Crippen LogP contribution is 2.33. The lowest BCUT2D eigenvalue weighted by Gasteiger charge is -2.05. The fourth-order valence-corrected chi connectivity index (χ4v) is 3.84. The van der Waals surface area contributed by atoms with Crippen LogP contribution in [0.2, 0.25) is 0 Å². The average Bonchev–Trinajstić information content (AvgIpc) is 3.39. The van der Waals surface area contributed by atoms with Crippen LogP contribution in [-0.4, -0.2) is 38.1 Å². The second-order valence-electron chi connectivity index (χ2n) is 6.09. The van der Waals surface area contributed by atoms with Crippen molar-refractivity contribution >= 4 is 28.6 Å². The Morgan fingerprint density at radius 1 is 1.07 bits per heavy atom. The molecular weight excluding hydrogens is 376 g/mol. The molecule has 1 aliphatic heterocycles. The first-order valence-electron chi connectivity index (χ1n) is 8.59. The molecule has 0 bridgehead atoms. The lowest BCUT2D eigenvalue weighted by Crippen LogP contribution is -2.03. The molecule has 0 spiro atoms. The molecule has 0 amide bonds. The molecule has 0 saturated carbocycles. The van der Waals surface area contributed by atoms with Gasteiger partial charge in [0.05, 0.1) is 23.0 Å². The van der Waals surface area contributed by atoms with Crippen LogP contribution < -0.4 is 9.47 Å². The Balaban J connectivity index is 1.38. The fraction of sp³-hybridized carbons (Fsp3) is 0.100. The highest BCUT2D eigenvalue weighted by Gasteiger charge is 2.17. The molecule has 7 nitrogen and oxygen atoms in total. The molecule has 2 aromatic heterocycles. The number of nitrogens with zero attached hydrogens (tertiary/aromatic N) is 4. The Labute approximate surface area is 164 Å². The summed E-state index contributed by atoms with van der Waals surface area (Å²) in [5.74, 6) is 1.51. The lowest BCUT2D eigenvalue weighted by molar-refractivity contribution is 0.102. The highest BCUT2D eigenvalue weighted by atomic mass is 32.2. The van der Waals surface area contributed by atoms with E-state index >= 15 is 0 Å². The van der Waals surface area contributed by atoms with Crippen LogP contribution in [0, 0.1) is 0 Å². The predicted molar refractivity (Wildman–Crippen MR) is 104 cm³/mol. The van der Waals surface area contributed by atoms with Gasteiger partial charge in [0.1, 0.15) is 11.4 Å². The molecule has 0 aliphatic carbocycles. The van der Waals surface area contributed by atoms with E-state index in [0.29, 0.717) is 22.7 Å². The Morgan fingerprint density at radius 3 is 2.82 bits per heavy atom. The third kappa shape index (κ3) is 2.97. The van der Waals surface area contributed by atoms with Crippen molar-refractivity contribution in [1.82, 2.24) is 19.7 Å². The minimum atomic E-state index is -0.00878. The summed E-state index contributed by atoms with van der Waals surface area (Å²) in [4.78, 5) is 21.3. The number of rotatable bonds is 5. The van der Waals surface area contributed by atoms with Gasteiger partial charge in [0, 0.05) is 5.56 Å². The van der Waals surface area contributed by atoms with Crippen LogP contribution in [0.5, 0.6) is 11.5 Å². The van der Waals surface area contributed by atoms with E-state index in [1.807, 2.05) is 30.3 Å². The number of benzene rings is 2. The van der Waals surface area contributed by atoms with Gasteiger partial charge in [-0.3, -0.25) is 4.79 Å². The smallest absolute Gasteiger partial charge is 0.231 e. The van der Waals surface area contributed by atoms with E-state index in [2.05, 4.69) is 15.1 Å². The number of hydrogen-bond acceptors (Lipinski definition) is 7. The van der Waals surface area contributed by atoms with Gasteiger partial charge in [0.2, 0.25) is 6.79 Å². The largest absolute Gasteiger partial charge is 0.454 e. The summed E-state index contributed by atoms with van der Waals surface area (Å²) in [7, 11) is 0. The number of ketones is 1. The molecule has 28 heavy (non-hydrogen) atoms. The van der Waals surface area contributed by atoms with Crippen molar-refractivity contribution in [3.05, 3.63) is 66.6 Å². The summed E-state index contributed by atoms with van der Waals surface area (Å²) in [6.45, 7) is 0.187. The predicted octanol–water partition coefficient (Wildman–Crippen LogP) is 3.52. The molecule has 4 aromatic rings. The topological polar surface area (TPSA) is 79.1 Å². The normalized spacial score (nSPS) is 12.4. The SMILES string of the molecule is O=C(CSc1ncnc2c1cnn2-c1ccccc1)c1ccc2c(c1)OCO2. The number of ether oxygens (including phenoxy) is 2. The van der Waals surface area contributed by atoms with E-state index in [-0.39, 0.29) is 18.3 Å². The van der Waals surface area contributed by atoms with E-state index in [4.69, 9.17) is 9.47 Å². The minimum absolute atomic E-state index is 0.00878. The van der Waals surface area contributed by atoms with Crippen molar-refractivity contribution in [3.63, 3.8) is 0 Å². The number of hydrogen-bond donors (Lipinski definition) is 0. The first kappa shape index (κ1) is 16.8. The lowest BCUT2D eigenvalue weighted by atomic mass is 10.1. The summed E-state index contributed by atoms with van der Waals surface area (Å²) in [6, 6.07) is 15.0. The molecule has 0 unspecified atom stereocenters. The summed E-state index contributed by atoms with van der Waals surface area (Å²) < 4.78 is 12.4. The van der Waals surface area contributed by atoms with Crippen LogP contribution in [0.3, 0.4) is 0 Å². The molecule has 2 aromatic carbocycles. The van der Waals surface area contributed by atoms with Gasteiger partial charge >= 0.3 is 0 Å². The molecule has 3 heterocycles. The fourth-order valence-electron chi connectivity index (χ4n) is 2.98. The number of thioether (sulfide) groups is 1. The van der Waals surface area contributed by atoms with Crippen molar-refractivity contribution in [2.45, 2.75) is 5.03 Å². The standard InChI is InChI=1S/C20H14N4O3S/c25-16(13-6-7-17-18(8-13)27-12-26-17)10-28-20-15-9-23-24(19(15)21-11-22-20)14-4-2-1-3-5-14/h1-9,11H,10,12H2. The van der Waals surface area contributed by atoms with Gasteiger partial charge in [-0.25, -0.2) is 14.6 Å². The maximum absolute atomic E-state index is 12.6. The van der Waals surface area contributed by atoms with Gasteiger partial charge in [-0.1, -0.05) is 30.0 Å². The highest BCUT2D eigenvalue weighted by molar-refractivity contribution is 8.00. The van der Waals surface area contributed by atoms with Gasteiger partial charge < -0.3 is 9.47 Å². The summed E-state index contributed by atoms with van der Waals surface area (Å²) in [5, 5.41) is 5.97. The van der Waals surface area contributed by atoms with Crippen LogP contribution in [0.25, 0.3) is 16.7 Å². The monoisotopic (exact) mass is 390 g/mol. The molecule has 5 rings (SSSR count). The molecule has 0 atom stereocenters. The molecular formula is C20H14N4O3S. The number of para-hydroxylation sites is 1. The van der Waals surface area contributed by atoms with Crippen molar-refractivity contribution < 1.29 is 14.3 Å². The summed E-state index contributed by atoms with van der Waals surface area (Å²) in [6.07, 6.45) is 3.23. The van der Waals surface area contributed by atoms with E-state index in [0.717, 1.165) is 16.1 Å². The van der Waals surface area contributed by atoms with E-state index in [9.17, 15) is 4.79 Å². The van der Waals surface area contributed by atoms with Crippen LogP contribution >= 0.6 is 11.8 Å². The quantitative estimate of drug-likeness (QED) is 0.293. The number of carbonyl (C=O) groups is 1. The second kappa shape index (κ2) is 6.97. The van der Waals surface area contributed by atoms with Crippen molar-refractivity contribution in [2.75, 3.05) is 12.5 Å². The summed E-state index contributed by atoms with van der Waals surface area (Å²) in [5.41, 5.74) is 2.21. The Hall–Kier alpha value is -3.39. The Bertz CT molecular complexity index is 1180. The Kier molecular flexibility index (Phi) is 4.17. The van der Waals surface area contributed by atoms with E-state index < -0.39 is 0 Å². The third-order valence-electron chi connectivity index (χ3n) is 4.36. The molecule has 0 fully saturated rings. The van der Waals surface area contributed by atoms with E-state index in [1.54, 1.807) is 29.1 Å². The van der Waals surface area contributed by atoms with Crippen LogP contribution in [0.1, 0.15) is 10.4 Å². The zero-order valence-corrected chi connectivity index (χ0v) is 15.4. The van der Waals surface area contributed by atoms with Gasteiger partial charge in [-0.15, -0.1) is 0 Å². The first-order chi connectivity index (χ1) is 13.8. The molecule has 138 valence electrons. The van der Waals surface area contributed by atoms with Gasteiger partial charge in [-0.05, 0) is 30.3 Å².